The highest BCUT2D eigenvalue weighted by Gasteiger charge is 2.41. The number of rotatable bonds is 8. The number of amides is 1. The van der Waals surface area contributed by atoms with E-state index >= 15 is 0 Å². The predicted octanol–water partition coefficient (Wildman–Crippen LogP) is 4.42. The standard InChI is InChI=1S/C23H25BrClNO6/c1-23(26-20(28)9-10-27)11-18(14-5-7-15(25)8-6-14)32-19(12-23)16-3-2-4-17(24)22(16)31-13-21(29)30/h2-8,18-19,27H,9-13H2,1H3,(H,26,28)(H,29,30)/t18-,19+,23+/m0/s1. The summed E-state index contributed by atoms with van der Waals surface area (Å²) in [5.74, 6) is -0.945. The molecule has 1 aliphatic rings. The molecule has 3 atom stereocenters. The molecular weight excluding hydrogens is 502 g/mol. The largest absolute Gasteiger partial charge is 0.480 e. The summed E-state index contributed by atoms with van der Waals surface area (Å²) in [7, 11) is 0. The second-order valence-electron chi connectivity index (χ2n) is 8.00. The molecule has 0 aliphatic carbocycles. The maximum atomic E-state index is 12.3. The van der Waals surface area contributed by atoms with E-state index in [1.165, 1.54) is 0 Å². The van der Waals surface area contributed by atoms with Gasteiger partial charge in [0.25, 0.3) is 0 Å². The van der Waals surface area contributed by atoms with Crippen LogP contribution in [0.25, 0.3) is 0 Å². The number of hydrogen-bond acceptors (Lipinski definition) is 5. The predicted molar refractivity (Wildman–Crippen MR) is 123 cm³/mol. The fourth-order valence-electron chi connectivity index (χ4n) is 3.92. The molecule has 172 valence electrons. The van der Waals surface area contributed by atoms with Crippen LogP contribution in [0.2, 0.25) is 5.02 Å². The van der Waals surface area contributed by atoms with Gasteiger partial charge >= 0.3 is 5.97 Å². The molecule has 0 unspecified atom stereocenters. The number of carbonyl (C=O) groups is 2. The second-order valence-corrected chi connectivity index (χ2v) is 9.29. The molecule has 1 fully saturated rings. The first-order valence-corrected chi connectivity index (χ1v) is 11.3. The van der Waals surface area contributed by atoms with Gasteiger partial charge < -0.3 is 25.0 Å². The van der Waals surface area contributed by atoms with Crippen molar-refractivity contribution in [3.63, 3.8) is 0 Å². The van der Waals surface area contributed by atoms with E-state index in [4.69, 9.17) is 31.3 Å². The summed E-state index contributed by atoms with van der Waals surface area (Å²) in [6.45, 7) is 1.21. The van der Waals surface area contributed by atoms with Crippen LogP contribution in [0.4, 0.5) is 0 Å². The van der Waals surface area contributed by atoms with Gasteiger partial charge in [0, 0.05) is 35.4 Å². The Kier molecular flexibility index (Phi) is 8.16. The fraction of sp³-hybridized carbons (Fsp3) is 0.391. The molecule has 0 spiro atoms. The van der Waals surface area contributed by atoms with Gasteiger partial charge in [0.05, 0.1) is 23.3 Å². The first-order valence-electron chi connectivity index (χ1n) is 10.2. The first kappa shape index (κ1) is 24.5. The maximum absolute atomic E-state index is 12.3. The molecule has 32 heavy (non-hydrogen) atoms. The van der Waals surface area contributed by atoms with E-state index in [-0.39, 0.29) is 25.0 Å². The molecular formula is C23H25BrClNO6. The van der Waals surface area contributed by atoms with Gasteiger partial charge in [-0.1, -0.05) is 35.9 Å². The van der Waals surface area contributed by atoms with Crippen LogP contribution in [0.15, 0.2) is 46.9 Å². The number of carboxylic acids is 1. The zero-order chi connectivity index (χ0) is 23.3. The highest BCUT2D eigenvalue weighted by molar-refractivity contribution is 9.10. The summed E-state index contributed by atoms with van der Waals surface area (Å²) in [5.41, 5.74) is 0.956. The summed E-state index contributed by atoms with van der Waals surface area (Å²) in [4.78, 5) is 23.4. The van der Waals surface area contributed by atoms with E-state index in [2.05, 4.69) is 21.2 Å². The van der Waals surface area contributed by atoms with Crippen LogP contribution in [0.3, 0.4) is 0 Å². The zero-order valence-corrected chi connectivity index (χ0v) is 19.9. The molecule has 0 aromatic heterocycles. The van der Waals surface area contributed by atoms with Crippen molar-refractivity contribution in [2.75, 3.05) is 13.2 Å². The molecule has 1 saturated heterocycles. The normalized spacial score (nSPS) is 22.9. The number of carbonyl (C=O) groups excluding carboxylic acids is 1. The Morgan fingerprint density at radius 1 is 1.22 bits per heavy atom. The Bertz CT molecular complexity index is 969. The van der Waals surface area contributed by atoms with Crippen LogP contribution in [0.5, 0.6) is 5.75 Å². The fourth-order valence-corrected chi connectivity index (χ4v) is 4.54. The molecule has 3 N–H and O–H groups in total. The van der Waals surface area contributed by atoms with Crippen LogP contribution < -0.4 is 10.1 Å². The smallest absolute Gasteiger partial charge is 0.341 e. The van der Waals surface area contributed by atoms with Crippen LogP contribution in [-0.4, -0.2) is 40.8 Å². The Balaban J connectivity index is 1.97. The number of aliphatic hydroxyl groups excluding tert-OH is 1. The van der Waals surface area contributed by atoms with Crippen molar-refractivity contribution in [2.24, 2.45) is 0 Å². The number of ether oxygens (including phenoxy) is 2. The number of hydrogen-bond donors (Lipinski definition) is 3. The van der Waals surface area contributed by atoms with Crippen molar-refractivity contribution in [2.45, 2.75) is 43.9 Å². The molecule has 9 heteroatoms. The quantitative estimate of drug-likeness (QED) is 0.470. The van der Waals surface area contributed by atoms with E-state index < -0.39 is 24.2 Å². The van der Waals surface area contributed by atoms with Gasteiger partial charge in [-0.2, -0.15) is 0 Å². The summed E-state index contributed by atoms with van der Waals surface area (Å²) in [6, 6.07) is 12.7. The number of nitrogens with one attached hydrogen (secondary N) is 1. The number of para-hydroxylation sites is 1. The van der Waals surface area contributed by atoms with Crippen molar-refractivity contribution in [3.05, 3.63) is 63.1 Å². The van der Waals surface area contributed by atoms with Crippen LogP contribution >= 0.6 is 27.5 Å². The van der Waals surface area contributed by atoms with Gasteiger partial charge in [-0.15, -0.1) is 0 Å². The second kappa shape index (κ2) is 10.7. The van der Waals surface area contributed by atoms with E-state index in [1.807, 2.05) is 31.2 Å². The average Bonchev–Trinajstić information content (AvgIpc) is 2.72. The number of carboxylic acid groups (broad SMARTS) is 1. The molecule has 1 aliphatic heterocycles. The monoisotopic (exact) mass is 525 g/mol. The van der Waals surface area contributed by atoms with E-state index in [0.29, 0.717) is 33.6 Å². The Hall–Kier alpha value is -2.13. The van der Waals surface area contributed by atoms with Crippen molar-refractivity contribution in [1.29, 1.82) is 0 Å². The number of aliphatic hydroxyl groups is 1. The number of aliphatic carboxylic acids is 1. The molecule has 1 amide bonds. The summed E-state index contributed by atoms with van der Waals surface area (Å²) < 4.78 is 12.6. The lowest BCUT2D eigenvalue weighted by Crippen LogP contribution is -2.51. The van der Waals surface area contributed by atoms with Crippen molar-refractivity contribution in [1.82, 2.24) is 5.32 Å². The third-order valence-electron chi connectivity index (χ3n) is 5.31. The molecule has 7 nitrogen and oxygen atoms in total. The Labute approximate surface area is 199 Å². The van der Waals surface area contributed by atoms with Crippen LogP contribution in [0, 0.1) is 0 Å². The third-order valence-corrected chi connectivity index (χ3v) is 6.18. The van der Waals surface area contributed by atoms with Gasteiger partial charge in [0.1, 0.15) is 5.75 Å². The topological polar surface area (TPSA) is 105 Å². The maximum Gasteiger partial charge on any atom is 0.341 e. The molecule has 2 aromatic rings. The molecule has 0 bridgehead atoms. The minimum Gasteiger partial charge on any atom is -0.480 e. The lowest BCUT2D eigenvalue weighted by Gasteiger charge is -2.43. The van der Waals surface area contributed by atoms with E-state index in [0.717, 1.165) is 5.56 Å². The van der Waals surface area contributed by atoms with Crippen molar-refractivity contribution in [3.8, 4) is 5.75 Å². The molecule has 0 saturated carbocycles. The lowest BCUT2D eigenvalue weighted by atomic mass is 9.81. The SMILES string of the molecule is C[C@@]1(NC(=O)CCO)C[C@@H](c2ccc(Cl)cc2)O[C@@H](c2cccc(Br)c2OCC(=O)O)C1. The zero-order valence-electron chi connectivity index (χ0n) is 17.5. The van der Waals surface area contributed by atoms with Crippen LogP contribution in [0.1, 0.15) is 49.5 Å². The summed E-state index contributed by atoms with van der Waals surface area (Å²) in [6.07, 6.45) is 0.133. The number of benzene rings is 2. The summed E-state index contributed by atoms with van der Waals surface area (Å²) >= 11 is 9.48. The van der Waals surface area contributed by atoms with Gasteiger partial charge in [0.15, 0.2) is 6.61 Å². The highest BCUT2D eigenvalue weighted by atomic mass is 79.9. The highest BCUT2D eigenvalue weighted by Crippen LogP contribution is 2.47. The average molecular weight is 527 g/mol. The molecule has 0 radical (unpaired) electrons. The Morgan fingerprint density at radius 3 is 2.56 bits per heavy atom. The van der Waals surface area contributed by atoms with Crippen molar-refractivity contribution >= 4 is 39.4 Å². The van der Waals surface area contributed by atoms with Gasteiger partial charge in [-0.3, -0.25) is 4.79 Å². The third kappa shape index (κ3) is 6.22. The van der Waals surface area contributed by atoms with Crippen molar-refractivity contribution < 1.29 is 29.3 Å². The van der Waals surface area contributed by atoms with Crippen LogP contribution in [-0.2, 0) is 14.3 Å². The molecule has 1 heterocycles. The minimum absolute atomic E-state index is 0.0105. The van der Waals surface area contributed by atoms with Gasteiger partial charge in [-0.05, 0) is 46.6 Å². The lowest BCUT2D eigenvalue weighted by molar-refractivity contribution is -0.139. The Morgan fingerprint density at radius 2 is 1.91 bits per heavy atom. The first-order chi connectivity index (χ1) is 15.2. The number of halogens is 2. The minimum atomic E-state index is -1.09. The van der Waals surface area contributed by atoms with Gasteiger partial charge in [-0.25, -0.2) is 4.79 Å². The van der Waals surface area contributed by atoms with E-state index in [9.17, 15) is 9.59 Å². The molecule has 3 rings (SSSR count). The molecule has 2 aromatic carbocycles. The summed E-state index contributed by atoms with van der Waals surface area (Å²) in [5, 5.41) is 21.8. The van der Waals surface area contributed by atoms with Gasteiger partial charge in [0.2, 0.25) is 5.91 Å². The van der Waals surface area contributed by atoms with E-state index in [1.54, 1.807) is 18.2 Å².